The maximum absolute atomic E-state index is 13.1. The van der Waals surface area contributed by atoms with Gasteiger partial charge in [-0.3, -0.25) is 19.8 Å². The summed E-state index contributed by atoms with van der Waals surface area (Å²) in [5.74, 6) is -1.48. The lowest BCUT2D eigenvalue weighted by molar-refractivity contribution is -0.160. The number of carboxylic acid groups (broad SMARTS) is 1. The lowest BCUT2D eigenvalue weighted by Crippen LogP contribution is -2.72. The van der Waals surface area contributed by atoms with Crippen molar-refractivity contribution in [2.45, 2.75) is 37.0 Å². The van der Waals surface area contributed by atoms with Gasteiger partial charge in [0.05, 0.1) is 11.2 Å². The van der Waals surface area contributed by atoms with Crippen molar-refractivity contribution in [3.8, 4) is 0 Å². The molecule has 0 spiro atoms. The molecule has 4 atom stereocenters. The molecule has 3 heterocycles. The summed E-state index contributed by atoms with van der Waals surface area (Å²) >= 11 is 7.41. The average molecular weight is 408 g/mol. The van der Waals surface area contributed by atoms with E-state index in [4.69, 9.17) is 11.6 Å². The molecule has 3 aliphatic heterocycles. The number of amides is 2. The van der Waals surface area contributed by atoms with Gasteiger partial charge in [0.1, 0.15) is 23.2 Å². The smallest absolute Gasteiger partial charge is 0.353 e. The minimum Gasteiger partial charge on any atom is -0.477 e. The van der Waals surface area contributed by atoms with Crippen LogP contribution in [0.4, 0.5) is 0 Å². The number of carbonyl (C=O) groups excluding carboxylic acids is 2. The van der Waals surface area contributed by atoms with E-state index in [0.29, 0.717) is 12.2 Å². The Morgan fingerprint density at radius 2 is 2.00 bits per heavy atom. The fourth-order valence-electron chi connectivity index (χ4n) is 3.86. The molecule has 1 aromatic carbocycles. The summed E-state index contributed by atoms with van der Waals surface area (Å²) in [6.45, 7) is 1.94. The number of β-lactam (4-membered cyclic amide) rings is 1. The summed E-state index contributed by atoms with van der Waals surface area (Å²) in [5.41, 5.74) is 0.673. The number of hydrogen-bond donors (Lipinski definition) is 2. The fraction of sp³-hybridized carbons (Fsp3) is 0.389. The van der Waals surface area contributed by atoms with Gasteiger partial charge in [0.25, 0.3) is 5.91 Å². The van der Waals surface area contributed by atoms with Crippen molar-refractivity contribution in [3.63, 3.8) is 0 Å². The lowest BCUT2D eigenvalue weighted by atomic mass is 10.0. The number of rotatable bonds is 4. The van der Waals surface area contributed by atoms with Gasteiger partial charge in [-0.2, -0.15) is 0 Å². The zero-order valence-electron chi connectivity index (χ0n) is 14.5. The van der Waals surface area contributed by atoms with E-state index >= 15 is 0 Å². The molecule has 2 N–H and O–H groups in total. The SMILES string of the molecule is CCC1NC(c2ccccc2)C(=O)N1[C@@H]1C(=O)N2C(C(=O)O)=C(Cl)CS[C@@H]12. The Hall–Kier alpha value is -2.03. The van der Waals surface area contributed by atoms with Crippen molar-refractivity contribution in [2.24, 2.45) is 0 Å². The monoisotopic (exact) mass is 407 g/mol. The molecule has 0 radical (unpaired) electrons. The van der Waals surface area contributed by atoms with E-state index in [1.165, 1.54) is 16.7 Å². The summed E-state index contributed by atoms with van der Waals surface area (Å²) < 4.78 is 0. The lowest BCUT2D eigenvalue weighted by Gasteiger charge is -2.52. The van der Waals surface area contributed by atoms with E-state index < -0.39 is 29.3 Å². The number of halogens is 1. The van der Waals surface area contributed by atoms with E-state index in [9.17, 15) is 19.5 Å². The van der Waals surface area contributed by atoms with Crippen LogP contribution in [0.1, 0.15) is 24.9 Å². The van der Waals surface area contributed by atoms with Gasteiger partial charge in [-0.05, 0) is 12.0 Å². The summed E-state index contributed by atoms with van der Waals surface area (Å²) in [7, 11) is 0. The normalized spacial score (nSPS) is 30.4. The fourth-order valence-corrected chi connectivity index (χ4v) is 5.46. The van der Waals surface area contributed by atoms with Gasteiger partial charge >= 0.3 is 5.97 Å². The van der Waals surface area contributed by atoms with Crippen molar-refractivity contribution in [3.05, 3.63) is 46.6 Å². The Labute approximate surface area is 165 Å². The zero-order chi connectivity index (χ0) is 19.3. The molecule has 0 aliphatic carbocycles. The summed E-state index contributed by atoms with van der Waals surface area (Å²) in [6.07, 6.45) is 0.354. The zero-order valence-corrected chi connectivity index (χ0v) is 16.0. The van der Waals surface area contributed by atoms with E-state index in [1.807, 2.05) is 37.3 Å². The highest BCUT2D eigenvalue weighted by Gasteiger charge is 2.60. The van der Waals surface area contributed by atoms with Crippen molar-refractivity contribution < 1.29 is 19.5 Å². The molecule has 0 saturated carbocycles. The molecule has 0 bridgehead atoms. The molecule has 0 aromatic heterocycles. The number of thioether (sulfide) groups is 1. The number of aliphatic carboxylic acids is 1. The van der Waals surface area contributed by atoms with Gasteiger partial charge in [-0.1, -0.05) is 48.9 Å². The van der Waals surface area contributed by atoms with E-state index in [1.54, 1.807) is 4.90 Å². The van der Waals surface area contributed by atoms with E-state index in [2.05, 4.69) is 5.32 Å². The number of carbonyl (C=O) groups is 3. The highest BCUT2D eigenvalue weighted by molar-refractivity contribution is 8.00. The molecule has 2 fully saturated rings. The van der Waals surface area contributed by atoms with Gasteiger partial charge in [-0.15, -0.1) is 11.8 Å². The molecule has 2 amide bonds. The highest BCUT2D eigenvalue weighted by Crippen LogP contribution is 2.45. The topological polar surface area (TPSA) is 90.0 Å². The summed E-state index contributed by atoms with van der Waals surface area (Å²) in [4.78, 5) is 40.3. The first-order chi connectivity index (χ1) is 13.0. The molecule has 27 heavy (non-hydrogen) atoms. The second-order valence-corrected chi connectivity index (χ2v) is 8.15. The van der Waals surface area contributed by atoms with Crippen LogP contribution in [-0.4, -0.2) is 56.0 Å². The molecule has 7 nitrogen and oxygen atoms in total. The van der Waals surface area contributed by atoms with Gasteiger partial charge in [-0.25, -0.2) is 4.79 Å². The maximum atomic E-state index is 13.1. The van der Waals surface area contributed by atoms with Crippen LogP contribution >= 0.6 is 23.4 Å². The van der Waals surface area contributed by atoms with Crippen LogP contribution in [0, 0.1) is 0 Å². The molecule has 1 aromatic rings. The predicted octanol–water partition coefficient (Wildman–Crippen LogP) is 1.71. The van der Waals surface area contributed by atoms with Crippen molar-refractivity contribution in [1.82, 2.24) is 15.1 Å². The molecule has 142 valence electrons. The molecule has 4 rings (SSSR count). The summed E-state index contributed by atoms with van der Waals surface area (Å²) in [5, 5.41) is 12.4. The standard InChI is InChI=1S/C18H18ClN3O4S/c1-2-11-20-12(9-6-4-3-5-7-9)15(23)21(11)14-16(24)22-13(18(25)26)10(19)8-27-17(14)22/h3-7,11-12,14,17,20H,2,8H2,1H3,(H,25,26)/t11?,12?,14-,17+/m1/s1. The number of carboxylic acids is 1. The molecular weight excluding hydrogens is 390 g/mol. The van der Waals surface area contributed by atoms with Crippen LogP contribution in [-0.2, 0) is 14.4 Å². The van der Waals surface area contributed by atoms with Crippen LogP contribution in [0.3, 0.4) is 0 Å². The number of nitrogens with zero attached hydrogens (tertiary/aromatic N) is 2. The first-order valence-corrected chi connectivity index (χ1v) is 10.1. The molecule has 9 heteroatoms. The number of benzene rings is 1. The summed E-state index contributed by atoms with van der Waals surface area (Å²) in [6, 6.07) is 8.17. The Bertz CT molecular complexity index is 846. The van der Waals surface area contributed by atoms with Crippen LogP contribution in [0.2, 0.25) is 0 Å². The van der Waals surface area contributed by atoms with Crippen LogP contribution < -0.4 is 5.32 Å². The number of fused-ring (bicyclic) bond motifs is 1. The Morgan fingerprint density at radius 1 is 1.30 bits per heavy atom. The predicted molar refractivity (Wildman–Crippen MR) is 101 cm³/mol. The van der Waals surface area contributed by atoms with Crippen molar-refractivity contribution >= 4 is 41.1 Å². The van der Waals surface area contributed by atoms with Gasteiger partial charge in [0, 0.05) is 5.75 Å². The van der Waals surface area contributed by atoms with Crippen LogP contribution in [0.15, 0.2) is 41.1 Å². The third-order valence-corrected chi connectivity index (χ3v) is 6.85. The quantitative estimate of drug-likeness (QED) is 0.738. The average Bonchev–Trinajstić information content (AvgIpc) is 2.98. The minimum absolute atomic E-state index is 0.149. The number of nitrogens with one attached hydrogen (secondary N) is 1. The third kappa shape index (κ3) is 2.74. The molecule has 2 unspecified atom stereocenters. The largest absolute Gasteiger partial charge is 0.477 e. The molecular formula is C18H18ClN3O4S. The van der Waals surface area contributed by atoms with E-state index in [-0.39, 0.29) is 22.8 Å². The highest BCUT2D eigenvalue weighted by atomic mass is 35.5. The molecule has 3 aliphatic rings. The van der Waals surface area contributed by atoms with Gasteiger partial charge < -0.3 is 10.0 Å². The first kappa shape index (κ1) is 18.3. The Balaban J connectivity index is 1.63. The Kier molecular flexibility index (Phi) is 4.65. The Morgan fingerprint density at radius 3 is 2.63 bits per heavy atom. The second-order valence-electron chi connectivity index (χ2n) is 6.59. The van der Waals surface area contributed by atoms with Crippen molar-refractivity contribution in [1.29, 1.82) is 0 Å². The number of hydrogen-bond acceptors (Lipinski definition) is 5. The van der Waals surface area contributed by atoms with Crippen LogP contribution in [0.25, 0.3) is 0 Å². The minimum atomic E-state index is -1.22. The van der Waals surface area contributed by atoms with E-state index in [0.717, 1.165) is 5.56 Å². The second kappa shape index (κ2) is 6.85. The third-order valence-electron chi connectivity index (χ3n) is 5.11. The van der Waals surface area contributed by atoms with Crippen LogP contribution in [0.5, 0.6) is 0 Å². The van der Waals surface area contributed by atoms with Gasteiger partial charge in [0.15, 0.2) is 0 Å². The maximum Gasteiger partial charge on any atom is 0.353 e. The van der Waals surface area contributed by atoms with Crippen molar-refractivity contribution in [2.75, 3.05) is 5.75 Å². The first-order valence-electron chi connectivity index (χ1n) is 8.65. The van der Waals surface area contributed by atoms with Gasteiger partial charge in [0.2, 0.25) is 5.91 Å². The molecule has 2 saturated heterocycles.